The molecule has 0 atom stereocenters. The van der Waals surface area contributed by atoms with E-state index in [4.69, 9.17) is 32.9 Å². The third kappa shape index (κ3) is 3.24. The van der Waals surface area contributed by atoms with Crippen LogP contribution in [0.4, 0.5) is 0 Å². The highest BCUT2D eigenvalue weighted by Crippen LogP contribution is 2.33. The molecule has 1 aliphatic rings. The molecule has 2 aromatic heterocycles. The maximum absolute atomic E-state index is 6.43. The quantitative estimate of drug-likeness (QED) is 0.629. The zero-order valence-electron chi connectivity index (χ0n) is 13.9. The van der Waals surface area contributed by atoms with Crippen molar-refractivity contribution >= 4 is 34.4 Å². The summed E-state index contributed by atoms with van der Waals surface area (Å²) in [4.78, 5) is 13.6. The molecule has 0 radical (unpaired) electrons. The number of aryl methyl sites for hydroxylation is 1. The molecule has 130 valence electrons. The maximum atomic E-state index is 6.43. The Balaban J connectivity index is 1.90. The Kier molecular flexibility index (Phi) is 4.63. The molecule has 1 aliphatic heterocycles. The lowest BCUT2D eigenvalue weighted by Crippen LogP contribution is -2.21. The number of imidazole rings is 1. The lowest BCUT2D eigenvalue weighted by molar-refractivity contribution is 0.0617. The highest BCUT2D eigenvalue weighted by Gasteiger charge is 2.22. The predicted octanol–water partition coefficient (Wildman–Crippen LogP) is 4.54. The van der Waals surface area contributed by atoms with Crippen molar-refractivity contribution < 1.29 is 4.74 Å². The Labute approximate surface area is 156 Å². The maximum Gasteiger partial charge on any atom is 0.165 e. The van der Waals surface area contributed by atoms with Crippen LogP contribution in [0.15, 0.2) is 24.3 Å². The van der Waals surface area contributed by atoms with E-state index in [1.165, 1.54) is 0 Å². The van der Waals surface area contributed by atoms with E-state index in [1.54, 1.807) is 0 Å². The van der Waals surface area contributed by atoms with Crippen LogP contribution in [0.1, 0.15) is 18.7 Å². The molecule has 7 heteroatoms. The lowest BCUT2D eigenvalue weighted by Gasteiger charge is -2.23. The number of hydrogen-bond acceptors (Lipinski definition) is 4. The van der Waals surface area contributed by atoms with Gasteiger partial charge in [0.2, 0.25) is 0 Å². The van der Waals surface area contributed by atoms with Gasteiger partial charge in [-0.05, 0) is 37.8 Å². The SMILES string of the molecule is Cc1nc(Cl)c2nc(-c3ccccc3Cl)n(CC3CCOCC3)c2n1. The second-order valence-electron chi connectivity index (χ2n) is 6.32. The van der Waals surface area contributed by atoms with Crippen LogP contribution in [0.3, 0.4) is 0 Å². The van der Waals surface area contributed by atoms with Crippen LogP contribution in [0.5, 0.6) is 0 Å². The minimum absolute atomic E-state index is 0.376. The van der Waals surface area contributed by atoms with Gasteiger partial charge in [0, 0.05) is 25.3 Å². The van der Waals surface area contributed by atoms with E-state index < -0.39 is 0 Å². The first kappa shape index (κ1) is 16.8. The number of nitrogens with zero attached hydrogens (tertiary/aromatic N) is 4. The van der Waals surface area contributed by atoms with Gasteiger partial charge in [0.05, 0.1) is 5.02 Å². The zero-order chi connectivity index (χ0) is 17.4. The highest BCUT2D eigenvalue weighted by molar-refractivity contribution is 6.34. The molecule has 3 heterocycles. The summed E-state index contributed by atoms with van der Waals surface area (Å²) in [5.41, 5.74) is 2.26. The van der Waals surface area contributed by atoms with E-state index in [0.29, 0.717) is 27.4 Å². The van der Waals surface area contributed by atoms with E-state index in [9.17, 15) is 0 Å². The van der Waals surface area contributed by atoms with Gasteiger partial charge in [-0.1, -0.05) is 35.3 Å². The molecule has 0 aliphatic carbocycles. The topological polar surface area (TPSA) is 52.8 Å². The third-order valence-electron chi connectivity index (χ3n) is 4.56. The minimum Gasteiger partial charge on any atom is -0.381 e. The van der Waals surface area contributed by atoms with Gasteiger partial charge in [0.15, 0.2) is 10.8 Å². The van der Waals surface area contributed by atoms with Crippen LogP contribution >= 0.6 is 23.2 Å². The first-order valence-electron chi connectivity index (χ1n) is 8.36. The van der Waals surface area contributed by atoms with E-state index >= 15 is 0 Å². The summed E-state index contributed by atoms with van der Waals surface area (Å²) in [5, 5.41) is 1.04. The Hall–Kier alpha value is -1.69. The van der Waals surface area contributed by atoms with Crippen LogP contribution in [0.2, 0.25) is 10.2 Å². The number of benzene rings is 1. The minimum atomic E-state index is 0.376. The van der Waals surface area contributed by atoms with Gasteiger partial charge in [-0.2, -0.15) is 0 Å². The Morgan fingerprint density at radius 3 is 2.64 bits per heavy atom. The van der Waals surface area contributed by atoms with Crippen LogP contribution in [0, 0.1) is 12.8 Å². The third-order valence-corrected chi connectivity index (χ3v) is 5.15. The van der Waals surface area contributed by atoms with Crippen molar-refractivity contribution in [1.82, 2.24) is 19.5 Å². The molecule has 3 aromatic rings. The van der Waals surface area contributed by atoms with Gasteiger partial charge in [-0.25, -0.2) is 15.0 Å². The molecule has 0 saturated carbocycles. The molecule has 5 nitrogen and oxygen atoms in total. The summed E-state index contributed by atoms with van der Waals surface area (Å²) >= 11 is 12.8. The smallest absolute Gasteiger partial charge is 0.165 e. The molecule has 0 N–H and O–H groups in total. The molecule has 0 spiro atoms. The molecule has 0 amide bonds. The summed E-state index contributed by atoms with van der Waals surface area (Å²) in [7, 11) is 0. The van der Waals surface area contributed by atoms with Crippen LogP contribution in [-0.2, 0) is 11.3 Å². The molecular formula is C18H18Cl2N4O. The van der Waals surface area contributed by atoms with E-state index in [0.717, 1.165) is 49.6 Å². The first-order chi connectivity index (χ1) is 12.1. The van der Waals surface area contributed by atoms with Gasteiger partial charge < -0.3 is 9.30 Å². The van der Waals surface area contributed by atoms with Crippen molar-refractivity contribution in [1.29, 1.82) is 0 Å². The fourth-order valence-corrected chi connectivity index (χ4v) is 3.75. The highest BCUT2D eigenvalue weighted by atomic mass is 35.5. The summed E-state index contributed by atoms with van der Waals surface area (Å²) in [6, 6.07) is 7.71. The van der Waals surface area contributed by atoms with Crippen LogP contribution < -0.4 is 0 Å². The van der Waals surface area contributed by atoms with Crippen molar-refractivity contribution in [3.05, 3.63) is 40.3 Å². The van der Waals surface area contributed by atoms with E-state index in [2.05, 4.69) is 14.5 Å². The predicted molar refractivity (Wildman–Crippen MR) is 99.1 cm³/mol. The van der Waals surface area contributed by atoms with Crippen molar-refractivity contribution in [2.24, 2.45) is 5.92 Å². The van der Waals surface area contributed by atoms with E-state index in [-0.39, 0.29) is 0 Å². The second kappa shape index (κ2) is 6.90. The van der Waals surface area contributed by atoms with Gasteiger partial charge in [0.1, 0.15) is 17.2 Å². The summed E-state index contributed by atoms with van der Waals surface area (Å²) in [5.74, 6) is 1.94. The zero-order valence-corrected chi connectivity index (χ0v) is 15.4. The van der Waals surface area contributed by atoms with Crippen LogP contribution in [-0.4, -0.2) is 32.7 Å². The van der Waals surface area contributed by atoms with Crippen molar-refractivity contribution in [2.45, 2.75) is 26.3 Å². The molecule has 25 heavy (non-hydrogen) atoms. The first-order valence-corrected chi connectivity index (χ1v) is 9.12. The molecular weight excluding hydrogens is 359 g/mol. The summed E-state index contributed by atoms with van der Waals surface area (Å²) in [6.45, 7) is 4.25. The van der Waals surface area contributed by atoms with Gasteiger partial charge in [0.25, 0.3) is 0 Å². The molecule has 0 bridgehead atoms. The molecule has 4 rings (SSSR count). The Morgan fingerprint density at radius 2 is 1.88 bits per heavy atom. The lowest BCUT2D eigenvalue weighted by atomic mass is 10.0. The molecule has 1 fully saturated rings. The summed E-state index contributed by atoms with van der Waals surface area (Å²) in [6.07, 6.45) is 2.05. The number of halogens is 2. The molecule has 1 aromatic carbocycles. The average molecular weight is 377 g/mol. The van der Waals surface area contributed by atoms with Crippen molar-refractivity contribution in [2.75, 3.05) is 13.2 Å². The number of hydrogen-bond donors (Lipinski definition) is 0. The fraction of sp³-hybridized carbons (Fsp3) is 0.389. The standard InChI is InChI=1S/C18H18Cl2N4O/c1-11-21-16(20)15-18(22-11)24(10-12-6-8-25-9-7-12)17(23-15)13-4-2-3-5-14(13)19/h2-5,12H,6-10H2,1H3. The molecule has 0 unspecified atom stereocenters. The Bertz CT molecular complexity index is 919. The average Bonchev–Trinajstić information content (AvgIpc) is 2.95. The van der Waals surface area contributed by atoms with Crippen molar-refractivity contribution in [3.63, 3.8) is 0 Å². The molecule has 1 saturated heterocycles. The van der Waals surface area contributed by atoms with Gasteiger partial charge in [-0.15, -0.1) is 0 Å². The number of ether oxygens (including phenoxy) is 1. The summed E-state index contributed by atoms with van der Waals surface area (Å²) < 4.78 is 7.62. The largest absolute Gasteiger partial charge is 0.381 e. The van der Waals surface area contributed by atoms with Gasteiger partial charge >= 0.3 is 0 Å². The number of rotatable bonds is 3. The number of fused-ring (bicyclic) bond motifs is 1. The van der Waals surface area contributed by atoms with Gasteiger partial charge in [-0.3, -0.25) is 0 Å². The van der Waals surface area contributed by atoms with Crippen LogP contribution in [0.25, 0.3) is 22.6 Å². The van der Waals surface area contributed by atoms with E-state index in [1.807, 2.05) is 31.2 Å². The fourth-order valence-electron chi connectivity index (χ4n) is 3.28. The monoisotopic (exact) mass is 376 g/mol. The number of aromatic nitrogens is 4. The second-order valence-corrected chi connectivity index (χ2v) is 7.08. The van der Waals surface area contributed by atoms with Crippen molar-refractivity contribution in [3.8, 4) is 11.4 Å². The Morgan fingerprint density at radius 1 is 1.12 bits per heavy atom. The normalized spacial score (nSPS) is 15.8.